The molecule has 4 aliphatic carbocycles. The van der Waals surface area contributed by atoms with E-state index < -0.39 is 10.0 Å². The lowest BCUT2D eigenvalue weighted by molar-refractivity contribution is -0.145. The van der Waals surface area contributed by atoms with E-state index in [9.17, 15) is 18.0 Å². The van der Waals surface area contributed by atoms with Crippen LogP contribution >= 0.6 is 0 Å². The van der Waals surface area contributed by atoms with Crippen molar-refractivity contribution in [3.8, 4) is 5.75 Å². The molecule has 1 aromatic carbocycles. The number of piperazine rings is 1. The molecule has 3 N–H and O–H groups in total. The standard InChI is InChI=1S/C31H45N5O5S/c1-42(39,40)35-10-8-34(9-11-35)24-4-6-27(7-5-24)41-19-21-14-25-2-3-26(15-21)36(25)30(38)33-28-22-12-20-13-23(28)18-31(16-20,17-22)29(32)37/h4-7,20-23,25-26,28H,2-3,8-19H2,1H3,(H2,32,37)(H,33,38). The number of benzene rings is 1. The molecule has 0 aromatic heterocycles. The Balaban J connectivity index is 0.901. The van der Waals surface area contributed by atoms with Gasteiger partial charge in [-0.3, -0.25) is 4.79 Å². The second-order valence-corrected chi connectivity index (χ2v) is 16.2. The maximum Gasteiger partial charge on any atom is 0.318 e. The van der Waals surface area contributed by atoms with Crippen molar-refractivity contribution < 1.29 is 22.7 Å². The predicted octanol–water partition coefficient (Wildman–Crippen LogP) is 2.78. The second-order valence-electron chi connectivity index (χ2n) is 14.2. The van der Waals surface area contributed by atoms with Crippen LogP contribution in [0.2, 0.25) is 0 Å². The number of carbonyl (C=O) groups is 2. The van der Waals surface area contributed by atoms with Gasteiger partial charge < -0.3 is 25.6 Å². The molecule has 11 heteroatoms. The molecule has 7 aliphatic rings. The number of anilines is 1. The Morgan fingerprint density at radius 2 is 1.57 bits per heavy atom. The minimum atomic E-state index is -3.14. The average molecular weight is 600 g/mol. The van der Waals surface area contributed by atoms with Gasteiger partial charge in [0.2, 0.25) is 15.9 Å². The molecule has 10 nitrogen and oxygen atoms in total. The normalized spacial score (nSPS) is 37.6. The molecule has 3 saturated heterocycles. The lowest BCUT2D eigenvalue weighted by Crippen LogP contribution is -2.64. The van der Waals surface area contributed by atoms with Crippen molar-refractivity contribution in [2.75, 3.05) is 43.9 Å². The monoisotopic (exact) mass is 599 g/mol. The average Bonchev–Trinajstić information content (AvgIpc) is 3.23. The smallest absolute Gasteiger partial charge is 0.318 e. The summed E-state index contributed by atoms with van der Waals surface area (Å²) in [4.78, 5) is 30.3. The number of nitrogens with one attached hydrogen (secondary N) is 1. The van der Waals surface area contributed by atoms with E-state index in [-0.39, 0.29) is 35.5 Å². The summed E-state index contributed by atoms with van der Waals surface area (Å²) in [5, 5.41) is 3.47. The van der Waals surface area contributed by atoms with Crippen molar-refractivity contribution >= 4 is 27.6 Å². The van der Waals surface area contributed by atoms with E-state index in [2.05, 4.69) is 27.2 Å². The minimum absolute atomic E-state index is 0.0976. The number of nitrogens with two attached hydrogens (primary N) is 1. The van der Waals surface area contributed by atoms with Crippen LogP contribution in [0.15, 0.2) is 24.3 Å². The van der Waals surface area contributed by atoms with Gasteiger partial charge in [-0.2, -0.15) is 4.31 Å². The molecular formula is C31H45N5O5S. The third kappa shape index (κ3) is 5.14. The lowest BCUT2D eigenvalue weighted by atomic mass is 9.47. The fraction of sp³-hybridized carbons (Fsp3) is 0.742. The first-order chi connectivity index (χ1) is 20.1. The number of nitrogens with zero attached hydrogens (tertiary/aromatic N) is 3. The fourth-order valence-corrected chi connectivity index (χ4v) is 10.6. The Kier molecular flexibility index (Phi) is 7.11. The van der Waals surface area contributed by atoms with Crippen LogP contribution in [0.3, 0.4) is 0 Å². The maximum absolute atomic E-state index is 13.6. The zero-order valence-corrected chi connectivity index (χ0v) is 25.4. The number of amides is 3. The van der Waals surface area contributed by atoms with Gasteiger partial charge in [-0.05, 0) is 106 Å². The summed E-state index contributed by atoms with van der Waals surface area (Å²) in [5.41, 5.74) is 6.62. The highest BCUT2D eigenvalue weighted by Crippen LogP contribution is 2.60. The molecule has 230 valence electrons. The summed E-state index contributed by atoms with van der Waals surface area (Å²) in [7, 11) is -3.14. The molecular weight excluding hydrogens is 554 g/mol. The van der Waals surface area contributed by atoms with Gasteiger partial charge >= 0.3 is 6.03 Å². The summed E-state index contributed by atoms with van der Waals surface area (Å²) >= 11 is 0. The molecule has 42 heavy (non-hydrogen) atoms. The molecule has 3 aliphatic heterocycles. The van der Waals surface area contributed by atoms with Crippen molar-refractivity contribution in [3.63, 3.8) is 0 Å². The molecule has 3 heterocycles. The number of primary amides is 1. The Morgan fingerprint density at radius 3 is 2.14 bits per heavy atom. The van der Waals surface area contributed by atoms with E-state index in [1.165, 1.54) is 10.6 Å². The van der Waals surface area contributed by atoms with E-state index in [1.807, 2.05) is 12.1 Å². The van der Waals surface area contributed by atoms with Crippen molar-refractivity contribution in [2.24, 2.45) is 34.8 Å². The van der Waals surface area contributed by atoms with E-state index >= 15 is 0 Å². The number of piperidine rings is 1. The Morgan fingerprint density at radius 1 is 0.952 bits per heavy atom. The SMILES string of the molecule is CS(=O)(=O)N1CCN(c2ccc(OCC3CC4CCC(C3)N4C(=O)NC3C4CC5CC3CC(C(N)=O)(C5)C4)cc2)CC1. The Bertz CT molecular complexity index is 1280. The third-order valence-corrected chi connectivity index (χ3v) is 12.8. The number of carbonyl (C=O) groups excluding carboxylic acids is 2. The highest BCUT2D eigenvalue weighted by atomic mass is 32.2. The van der Waals surface area contributed by atoms with E-state index in [0.29, 0.717) is 56.5 Å². The molecule has 8 rings (SSSR count). The Hall–Kier alpha value is -2.53. The molecule has 6 bridgehead atoms. The van der Waals surface area contributed by atoms with Gasteiger partial charge in [-0.1, -0.05) is 0 Å². The molecule has 7 fully saturated rings. The minimum Gasteiger partial charge on any atom is -0.493 e. The van der Waals surface area contributed by atoms with E-state index in [0.717, 1.165) is 69.2 Å². The second kappa shape index (κ2) is 10.6. The van der Waals surface area contributed by atoms with Gasteiger partial charge in [-0.15, -0.1) is 0 Å². The van der Waals surface area contributed by atoms with Gasteiger partial charge in [-0.25, -0.2) is 13.2 Å². The molecule has 0 radical (unpaired) electrons. The van der Waals surface area contributed by atoms with Gasteiger partial charge in [0.1, 0.15) is 5.75 Å². The zero-order valence-electron chi connectivity index (χ0n) is 24.6. The highest BCUT2D eigenvalue weighted by Gasteiger charge is 2.58. The van der Waals surface area contributed by atoms with Crippen LogP contribution in [0.4, 0.5) is 10.5 Å². The lowest BCUT2D eigenvalue weighted by Gasteiger charge is -2.59. The van der Waals surface area contributed by atoms with Crippen molar-refractivity contribution in [1.82, 2.24) is 14.5 Å². The number of urea groups is 1. The molecule has 4 unspecified atom stereocenters. The number of rotatable bonds is 7. The molecule has 4 saturated carbocycles. The van der Waals surface area contributed by atoms with Crippen molar-refractivity contribution in [1.29, 1.82) is 0 Å². The quantitative estimate of drug-likeness (QED) is 0.497. The summed E-state index contributed by atoms with van der Waals surface area (Å²) in [5.74, 6) is 2.47. The van der Waals surface area contributed by atoms with Gasteiger partial charge in [0.15, 0.2) is 0 Å². The van der Waals surface area contributed by atoms with E-state index in [1.54, 1.807) is 0 Å². The number of hydrogen-bond acceptors (Lipinski definition) is 6. The topological polar surface area (TPSA) is 125 Å². The van der Waals surface area contributed by atoms with Gasteiger partial charge in [0, 0.05) is 55.4 Å². The Labute approximate surface area is 249 Å². The first-order valence-electron chi connectivity index (χ1n) is 15.9. The van der Waals surface area contributed by atoms with Crippen LogP contribution in [0.25, 0.3) is 0 Å². The fourth-order valence-electron chi connectivity index (χ4n) is 9.78. The van der Waals surface area contributed by atoms with Crippen LogP contribution in [0.1, 0.15) is 57.8 Å². The molecule has 0 spiro atoms. The summed E-state index contributed by atoms with van der Waals surface area (Å²) in [6.07, 6.45) is 10.2. The van der Waals surface area contributed by atoms with Crippen molar-refractivity contribution in [3.05, 3.63) is 24.3 Å². The summed E-state index contributed by atoms with van der Waals surface area (Å²) < 4.78 is 31.3. The summed E-state index contributed by atoms with van der Waals surface area (Å²) in [6.45, 7) is 3.03. The van der Waals surface area contributed by atoms with Gasteiger partial charge in [0.25, 0.3) is 0 Å². The van der Waals surface area contributed by atoms with Crippen molar-refractivity contribution in [2.45, 2.75) is 75.9 Å². The van der Waals surface area contributed by atoms with Crippen LogP contribution in [0.5, 0.6) is 5.75 Å². The van der Waals surface area contributed by atoms with Gasteiger partial charge in [0.05, 0.1) is 12.9 Å². The summed E-state index contributed by atoms with van der Waals surface area (Å²) in [6, 6.07) is 8.91. The molecule has 3 amide bonds. The van der Waals surface area contributed by atoms with Crippen LogP contribution in [-0.4, -0.2) is 86.7 Å². The number of fused-ring (bicyclic) bond motifs is 2. The number of hydrogen-bond donors (Lipinski definition) is 2. The maximum atomic E-state index is 13.6. The van der Waals surface area contributed by atoms with Crippen LogP contribution < -0.4 is 20.7 Å². The predicted molar refractivity (Wildman–Crippen MR) is 159 cm³/mol. The number of ether oxygens (including phenoxy) is 1. The third-order valence-electron chi connectivity index (χ3n) is 11.5. The number of sulfonamides is 1. The van der Waals surface area contributed by atoms with Crippen LogP contribution in [0, 0.1) is 29.1 Å². The first-order valence-corrected chi connectivity index (χ1v) is 17.7. The van der Waals surface area contributed by atoms with E-state index in [4.69, 9.17) is 10.5 Å². The first kappa shape index (κ1) is 28.3. The molecule has 1 aromatic rings. The zero-order chi connectivity index (χ0) is 29.2. The highest BCUT2D eigenvalue weighted by molar-refractivity contribution is 7.88. The van der Waals surface area contributed by atoms with Crippen LogP contribution in [-0.2, 0) is 14.8 Å². The largest absolute Gasteiger partial charge is 0.493 e. The molecule has 4 atom stereocenters.